The van der Waals surface area contributed by atoms with Gasteiger partial charge >= 0.3 is 12.1 Å². The topological polar surface area (TPSA) is 158 Å². The summed E-state index contributed by atoms with van der Waals surface area (Å²) in [4.78, 5) is 28.9. The van der Waals surface area contributed by atoms with Crippen LogP contribution in [0.15, 0.2) is 64.8 Å². The first-order chi connectivity index (χ1) is 21.2. The molecule has 1 fully saturated rings. The van der Waals surface area contributed by atoms with Gasteiger partial charge in [-0.25, -0.2) is 17.8 Å². The molecule has 0 spiro atoms. The van der Waals surface area contributed by atoms with Crippen LogP contribution in [0.1, 0.15) is 44.4 Å². The Labute approximate surface area is 256 Å². The molecule has 2 unspecified atom stereocenters. The number of benzene rings is 2. The van der Waals surface area contributed by atoms with Crippen LogP contribution in [0, 0.1) is 18.0 Å². The summed E-state index contributed by atoms with van der Waals surface area (Å²) in [5, 5.41) is 20.5. The maximum absolute atomic E-state index is 13.5. The fraction of sp³-hybridized carbons (Fsp3) is 0.393. The van der Waals surface area contributed by atoms with Crippen LogP contribution in [0.5, 0.6) is 0 Å². The van der Waals surface area contributed by atoms with Crippen LogP contribution in [0.25, 0.3) is 16.9 Å². The number of amides is 1. The maximum atomic E-state index is 13.5. The highest BCUT2D eigenvalue weighted by atomic mass is 32.2. The molecule has 1 N–H and O–H groups in total. The molecule has 4 rings (SSSR count). The minimum absolute atomic E-state index is 0.104. The monoisotopic (exact) mass is 652 g/mol. The molecular formula is C28H31F3N6O7S. The molecule has 0 radical (unpaired) electrons. The van der Waals surface area contributed by atoms with Crippen molar-refractivity contribution in [1.29, 1.82) is 0 Å². The van der Waals surface area contributed by atoms with Crippen LogP contribution in [0.3, 0.4) is 0 Å². The molecule has 13 nitrogen and oxygen atoms in total. The van der Waals surface area contributed by atoms with Crippen molar-refractivity contribution in [2.24, 2.45) is 11.2 Å². The maximum Gasteiger partial charge on any atom is 0.435 e. The zero-order valence-corrected chi connectivity index (χ0v) is 25.3. The normalized spacial score (nSPS) is 16.6. The van der Waals surface area contributed by atoms with Crippen LogP contribution in [-0.4, -0.2) is 59.4 Å². The predicted molar refractivity (Wildman–Crippen MR) is 151 cm³/mol. The van der Waals surface area contributed by atoms with E-state index in [0.29, 0.717) is 18.4 Å². The Morgan fingerprint density at radius 1 is 1.18 bits per heavy atom. The van der Waals surface area contributed by atoms with Gasteiger partial charge in [-0.05, 0) is 50.1 Å². The van der Waals surface area contributed by atoms with E-state index in [1.807, 2.05) is 11.6 Å². The summed E-state index contributed by atoms with van der Waals surface area (Å²) in [7, 11) is -4.38. The van der Waals surface area contributed by atoms with E-state index in [0.717, 1.165) is 33.5 Å². The van der Waals surface area contributed by atoms with Crippen molar-refractivity contribution >= 4 is 21.9 Å². The van der Waals surface area contributed by atoms with Crippen LogP contribution < -0.4 is 4.72 Å². The highest BCUT2D eigenvalue weighted by molar-refractivity contribution is 7.90. The van der Waals surface area contributed by atoms with Gasteiger partial charge in [0.15, 0.2) is 5.69 Å². The number of rotatable bonds is 10. The summed E-state index contributed by atoms with van der Waals surface area (Å²) in [6, 6.07) is 12.6. The van der Waals surface area contributed by atoms with Crippen molar-refractivity contribution in [2.75, 3.05) is 13.1 Å². The van der Waals surface area contributed by atoms with Gasteiger partial charge in [-0.3, -0.25) is 14.4 Å². The van der Waals surface area contributed by atoms with Crippen molar-refractivity contribution in [3.63, 3.8) is 0 Å². The number of hydrazine groups is 1. The molecule has 2 atom stereocenters. The molecule has 0 saturated carbocycles. The Hall–Kier alpha value is -4.67. The molecule has 242 valence electrons. The third-order valence-electron chi connectivity index (χ3n) is 6.84. The van der Waals surface area contributed by atoms with Crippen LogP contribution >= 0.6 is 0 Å². The highest BCUT2D eigenvalue weighted by Gasteiger charge is 2.36. The number of carbonyl (C=O) groups is 2. The number of nitrogens with zero attached hydrogens (tertiary/aromatic N) is 5. The molecule has 2 aromatic carbocycles. The number of sulfonamides is 1. The number of nitrogens with one attached hydrogen (secondary N) is 1. The molecule has 1 aliphatic rings. The first-order valence-electron chi connectivity index (χ1n) is 13.9. The van der Waals surface area contributed by atoms with E-state index in [4.69, 9.17) is 9.57 Å². The van der Waals surface area contributed by atoms with Crippen LogP contribution in [-0.2, 0) is 35.4 Å². The van der Waals surface area contributed by atoms with E-state index < -0.39 is 46.0 Å². The predicted octanol–water partition coefficient (Wildman–Crippen LogP) is 4.49. The minimum Gasteiger partial charge on any atom is -0.569 e. The number of aryl methyl sites for hydroxylation is 1. The number of esters is 1. The van der Waals surface area contributed by atoms with Gasteiger partial charge in [0.1, 0.15) is 0 Å². The van der Waals surface area contributed by atoms with Gasteiger partial charge in [0.05, 0.1) is 40.3 Å². The molecule has 17 heteroatoms. The lowest BCUT2D eigenvalue weighted by Crippen LogP contribution is -2.46. The first kappa shape index (κ1) is 33.2. The van der Waals surface area contributed by atoms with Crippen molar-refractivity contribution < 1.29 is 45.7 Å². The number of hydrogen-bond acceptors (Lipinski definition) is 9. The fourth-order valence-corrected chi connectivity index (χ4v) is 5.51. The second-order valence-electron chi connectivity index (χ2n) is 10.3. The SMILES string of the molecule is CCC(=O)OC(C)O/N=[N+](\[O-])N1CCCC(C(=O)NS(=O)(=O)c2ccc(-n3nc(C(F)(F)F)cc3-c3ccc(C)cc3)cc2)C1. The second-order valence-corrected chi connectivity index (χ2v) is 11.9. The fourth-order valence-electron chi connectivity index (χ4n) is 4.46. The Bertz CT molecular complexity index is 1660. The average molecular weight is 653 g/mol. The first-order valence-corrected chi connectivity index (χ1v) is 15.4. The number of halogens is 3. The van der Waals surface area contributed by atoms with E-state index in [2.05, 4.69) is 10.4 Å². The molecule has 2 heterocycles. The van der Waals surface area contributed by atoms with E-state index in [9.17, 15) is 36.4 Å². The summed E-state index contributed by atoms with van der Waals surface area (Å²) in [6.07, 6.45) is -5.07. The Morgan fingerprint density at radius 3 is 2.47 bits per heavy atom. The quantitative estimate of drug-likeness (QED) is 0.110. The third-order valence-corrected chi connectivity index (χ3v) is 8.20. The number of alkyl halides is 3. The highest BCUT2D eigenvalue weighted by Crippen LogP contribution is 2.33. The van der Waals surface area contributed by atoms with Gasteiger partial charge in [0, 0.05) is 18.9 Å². The smallest absolute Gasteiger partial charge is 0.435 e. The van der Waals surface area contributed by atoms with Crippen molar-refractivity contribution in [3.05, 3.63) is 71.1 Å². The van der Waals surface area contributed by atoms with E-state index in [1.54, 1.807) is 31.2 Å². The van der Waals surface area contributed by atoms with E-state index >= 15 is 0 Å². The Balaban J connectivity index is 1.46. The zero-order chi connectivity index (χ0) is 32.9. The van der Waals surface area contributed by atoms with Gasteiger partial charge < -0.3 is 9.94 Å². The second kappa shape index (κ2) is 13.5. The standard InChI is InChI=1S/C28H31F3N6O7S/c1-4-26(38)43-19(3)44-34-37(40)35-15-5-6-21(17-35)27(39)33-45(41,42)23-13-11-22(12-14-23)36-24(16-25(32-36)28(29,30)31)20-9-7-18(2)8-10-20/h7-14,16,19,21H,4-6,15,17H2,1-3H3,(H,33,39)/b37-34-. The molecular weight excluding hydrogens is 621 g/mol. The van der Waals surface area contributed by atoms with Gasteiger partial charge in [0.2, 0.25) is 11.2 Å². The number of piperidine rings is 1. The summed E-state index contributed by atoms with van der Waals surface area (Å²) in [5.41, 5.74) is 0.575. The molecule has 1 amide bonds. The third kappa shape index (κ3) is 8.29. The number of hydrogen-bond donors (Lipinski definition) is 1. The minimum atomic E-state index is -4.71. The lowest BCUT2D eigenvalue weighted by atomic mass is 9.99. The molecule has 0 aliphatic carbocycles. The van der Waals surface area contributed by atoms with Gasteiger partial charge in [0.25, 0.3) is 16.3 Å². The molecule has 1 aliphatic heterocycles. The largest absolute Gasteiger partial charge is 0.569 e. The Morgan fingerprint density at radius 2 is 1.84 bits per heavy atom. The average Bonchev–Trinajstić information content (AvgIpc) is 3.46. The van der Waals surface area contributed by atoms with Crippen molar-refractivity contribution in [1.82, 2.24) is 19.5 Å². The van der Waals surface area contributed by atoms with Gasteiger partial charge in [-0.1, -0.05) is 36.8 Å². The van der Waals surface area contributed by atoms with Crippen LogP contribution in [0.4, 0.5) is 13.2 Å². The van der Waals surface area contributed by atoms with Crippen LogP contribution in [0.2, 0.25) is 0 Å². The lowest BCUT2D eigenvalue weighted by Gasteiger charge is -2.28. The lowest BCUT2D eigenvalue weighted by molar-refractivity contribution is -0.715. The summed E-state index contributed by atoms with van der Waals surface area (Å²) in [5.74, 6) is -2.30. The zero-order valence-electron chi connectivity index (χ0n) is 24.5. The van der Waals surface area contributed by atoms with Gasteiger partial charge in [-0.2, -0.15) is 18.3 Å². The Kier molecular flexibility index (Phi) is 10.00. The number of ether oxygens (including phenoxy) is 1. The molecule has 0 bridgehead atoms. The molecule has 1 saturated heterocycles. The molecule has 1 aromatic heterocycles. The number of aromatic nitrogens is 2. The van der Waals surface area contributed by atoms with Crippen molar-refractivity contribution in [3.8, 4) is 16.9 Å². The van der Waals surface area contributed by atoms with Gasteiger partial charge in [-0.15, -0.1) is 5.01 Å². The summed E-state index contributed by atoms with van der Waals surface area (Å²) >= 11 is 0. The molecule has 3 aromatic rings. The van der Waals surface area contributed by atoms with E-state index in [-0.39, 0.29) is 40.8 Å². The summed E-state index contributed by atoms with van der Waals surface area (Å²) < 4.78 is 74.5. The van der Waals surface area contributed by atoms with Crippen molar-refractivity contribution in [2.45, 2.75) is 57.4 Å². The summed E-state index contributed by atoms with van der Waals surface area (Å²) in [6.45, 7) is 4.84. The number of carbonyl (C=O) groups excluding carboxylic acids is 2. The van der Waals surface area contributed by atoms with E-state index in [1.165, 1.54) is 19.1 Å². The molecule has 45 heavy (non-hydrogen) atoms.